The molecule has 1 N–H and O–H groups in total. The van der Waals surface area contributed by atoms with Gasteiger partial charge >= 0.3 is 0 Å². The molecule has 4 rings (SSSR count). The van der Waals surface area contributed by atoms with E-state index < -0.39 is 11.6 Å². The second-order valence-corrected chi connectivity index (χ2v) is 7.82. The van der Waals surface area contributed by atoms with E-state index in [9.17, 15) is 8.78 Å². The third-order valence-corrected chi connectivity index (χ3v) is 5.91. The molecule has 0 spiro atoms. The molecule has 0 radical (unpaired) electrons. The van der Waals surface area contributed by atoms with Gasteiger partial charge in [-0.1, -0.05) is 13.0 Å². The number of benzene rings is 1. The van der Waals surface area contributed by atoms with Crippen LogP contribution in [0.2, 0.25) is 0 Å². The van der Waals surface area contributed by atoms with Gasteiger partial charge in [0.25, 0.3) is 0 Å². The maximum absolute atomic E-state index is 14.1. The highest BCUT2D eigenvalue weighted by atomic mass is 127. The van der Waals surface area contributed by atoms with Crippen LogP contribution in [0.5, 0.6) is 0 Å². The zero-order valence-corrected chi connectivity index (χ0v) is 19.1. The molecule has 1 aliphatic carbocycles. The van der Waals surface area contributed by atoms with Crippen molar-refractivity contribution in [2.24, 2.45) is 10.9 Å². The molecule has 158 valence electrons. The summed E-state index contributed by atoms with van der Waals surface area (Å²) >= 11 is 0. The quantitative estimate of drug-likeness (QED) is 0.378. The SMILES string of the molecule is CCN=C(NC1CC1c1c(F)cccc1F)N1CCC(C)C(n2ccnc2)C1.I. The number of aliphatic imine (C=N–C) groups is 1. The van der Waals surface area contributed by atoms with Crippen LogP contribution in [0.1, 0.15) is 44.2 Å². The van der Waals surface area contributed by atoms with E-state index in [4.69, 9.17) is 0 Å². The topological polar surface area (TPSA) is 45.5 Å². The number of hydrogen-bond acceptors (Lipinski definition) is 2. The van der Waals surface area contributed by atoms with Crippen LogP contribution in [-0.2, 0) is 0 Å². The van der Waals surface area contributed by atoms with Gasteiger partial charge in [0.1, 0.15) is 11.6 Å². The Balaban J connectivity index is 0.00000240. The highest BCUT2D eigenvalue weighted by Crippen LogP contribution is 2.43. The van der Waals surface area contributed by atoms with Crippen molar-refractivity contribution in [1.29, 1.82) is 0 Å². The Hall–Kier alpha value is -1.71. The summed E-state index contributed by atoms with van der Waals surface area (Å²) in [6, 6.07) is 4.42. The fourth-order valence-electron chi connectivity index (χ4n) is 4.19. The summed E-state index contributed by atoms with van der Waals surface area (Å²) in [6.45, 7) is 6.69. The molecule has 1 aromatic carbocycles. The summed E-state index contributed by atoms with van der Waals surface area (Å²) in [5.74, 6) is 0.320. The molecule has 1 saturated heterocycles. The lowest BCUT2D eigenvalue weighted by Gasteiger charge is -2.39. The first kappa shape index (κ1) is 22.0. The zero-order valence-electron chi connectivity index (χ0n) is 16.8. The van der Waals surface area contributed by atoms with Crippen molar-refractivity contribution in [2.75, 3.05) is 19.6 Å². The molecule has 8 heteroatoms. The number of aromatic nitrogens is 2. The maximum Gasteiger partial charge on any atom is 0.194 e. The van der Waals surface area contributed by atoms with E-state index in [-0.39, 0.29) is 41.5 Å². The highest BCUT2D eigenvalue weighted by Gasteiger charge is 2.43. The number of nitrogens with one attached hydrogen (secondary N) is 1. The standard InChI is InChI=1S/C21H27F2N5.HI/c1-3-25-21(26-18-11-15(18)20-16(22)5-4-6-17(20)23)27-9-7-14(2)19(12-27)28-10-8-24-13-28;/h4-6,8,10,13-15,18-19H,3,7,9,11-12H2,1-2H3,(H,25,26);1H. The van der Waals surface area contributed by atoms with Crippen molar-refractivity contribution in [2.45, 2.75) is 44.7 Å². The minimum atomic E-state index is -0.463. The molecule has 2 heterocycles. The van der Waals surface area contributed by atoms with Gasteiger partial charge in [-0.15, -0.1) is 24.0 Å². The van der Waals surface area contributed by atoms with Crippen molar-refractivity contribution in [1.82, 2.24) is 19.8 Å². The number of guanidine groups is 1. The Labute approximate surface area is 187 Å². The first-order chi connectivity index (χ1) is 13.6. The molecule has 2 aromatic rings. The van der Waals surface area contributed by atoms with Gasteiger partial charge < -0.3 is 14.8 Å². The molecule has 4 atom stereocenters. The Kier molecular flexibility index (Phi) is 7.13. The van der Waals surface area contributed by atoms with Crippen LogP contribution >= 0.6 is 24.0 Å². The lowest BCUT2D eigenvalue weighted by molar-refractivity contribution is 0.188. The van der Waals surface area contributed by atoms with Crippen molar-refractivity contribution in [3.05, 3.63) is 54.1 Å². The summed E-state index contributed by atoms with van der Waals surface area (Å²) in [7, 11) is 0. The number of halogens is 3. The molecule has 1 aliphatic heterocycles. The van der Waals surface area contributed by atoms with E-state index in [1.807, 2.05) is 25.6 Å². The summed E-state index contributed by atoms with van der Waals surface area (Å²) in [5, 5.41) is 3.46. The monoisotopic (exact) mass is 515 g/mol. The normalized spacial score (nSPS) is 26.8. The van der Waals surface area contributed by atoms with E-state index in [0.717, 1.165) is 31.9 Å². The van der Waals surface area contributed by atoms with Crippen LogP contribution < -0.4 is 5.32 Å². The second-order valence-electron chi connectivity index (χ2n) is 7.82. The van der Waals surface area contributed by atoms with E-state index >= 15 is 0 Å². The summed E-state index contributed by atoms with van der Waals surface area (Å²) in [4.78, 5) is 11.1. The number of likely N-dealkylation sites (tertiary alicyclic amines) is 1. The van der Waals surface area contributed by atoms with Crippen LogP contribution in [0.4, 0.5) is 8.78 Å². The number of imidazole rings is 1. The van der Waals surface area contributed by atoms with Crippen LogP contribution in [0.25, 0.3) is 0 Å². The van der Waals surface area contributed by atoms with Crippen molar-refractivity contribution < 1.29 is 8.78 Å². The Morgan fingerprint density at radius 1 is 1.31 bits per heavy atom. The molecule has 29 heavy (non-hydrogen) atoms. The van der Waals surface area contributed by atoms with E-state index in [1.54, 1.807) is 0 Å². The molecular weight excluding hydrogens is 487 g/mol. The number of nitrogens with zero attached hydrogens (tertiary/aromatic N) is 4. The van der Waals surface area contributed by atoms with Crippen LogP contribution in [0, 0.1) is 17.6 Å². The van der Waals surface area contributed by atoms with Crippen LogP contribution in [0.3, 0.4) is 0 Å². The van der Waals surface area contributed by atoms with Crippen molar-refractivity contribution in [3.8, 4) is 0 Å². The minimum Gasteiger partial charge on any atom is -0.353 e. The second kappa shape index (κ2) is 9.40. The number of hydrogen-bond donors (Lipinski definition) is 1. The number of rotatable bonds is 4. The van der Waals surface area contributed by atoms with Gasteiger partial charge in [0.2, 0.25) is 0 Å². The molecular formula is C21H28F2IN5. The highest BCUT2D eigenvalue weighted by molar-refractivity contribution is 14.0. The molecule has 0 amide bonds. The Morgan fingerprint density at radius 2 is 2.07 bits per heavy atom. The molecule has 2 aliphatic rings. The third kappa shape index (κ3) is 4.73. The predicted molar refractivity (Wildman–Crippen MR) is 121 cm³/mol. The van der Waals surface area contributed by atoms with E-state index in [1.165, 1.54) is 18.2 Å². The lowest BCUT2D eigenvalue weighted by atomic mass is 9.93. The fraction of sp³-hybridized carbons (Fsp3) is 0.524. The number of piperidine rings is 1. The molecule has 2 fully saturated rings. The summed E-state index contributed by atoms with van der Waals surface area (Å²) in [6.07, 6.45) is 7.46. The molecule has 4 unspecified atom stereocenters. The average molecular weight is 515 g/mol. The average Bonchev–Trinajstić information content (AvgIpc) is 3.19. The van der Waals surface area contributed by atoms with E-state index in [0.29, 0.717) is 18.5 Å². The maximum atomic E-state index is 14.1. The van der Waals surface area contributed by atoms with Crippen LogP contribution in [-0.4, -0.2) is 46.1 Å². The van der Waals surface area contributed by atoms with Crippen molar-refractivity contribution >= 4 is 29.9 Å². The first-order valence-electron chi connectivity index (χ1n) is 10.1. The fourth-order valence-corrected chi connectivity index (χ4v) is 4.19. The van der Waals surface area contributed by atoms with Gasteiger partial charge in [-0.25, -0.2) is 13.8 Å². The lowest BCUT2D eigenvalue weighted by Crippen LogP contribution is -2.49. The van der Waals surface area contributed by atoms with Gasteiger partial charge in [-0.05, 0) is 37.8 Å². The van der Waals surface area contributed by atoms with Gasteiger partial charge in [0.15, 0.2) is 5.96 Å². The van der Waals surface area contributed by atoms with Gasteiger partial charge in [-0.2, -0.15) is 0 Å². The van der Waals surface area contributed by atoms with Crippen LogP contribution in [0.15, 0.2) is 41.9 Å². The Morgan fingerprint density at radius 3 is 2.72 bits per heavy atom. The molecule has 5 nitrogen and oxygen atoms in total. The predicted octanol–water partition coefficient (Wildman–Crippen LogP) is 4.18. The summed E-state index contributed by atoms with van der Waals surface area (Å²) in [5.41, 5.74) is 0.194. The van der Waals surface area contributed by atoms with Gasteiger partial charge in [-0.3, -0.25) is 4.99 Å². The van der Waals surface area contributed by atoms with E-state index in [2.05, 4.69) is 31.7 Å². The van der Waals surface area contributed by atoms with Gasteiger partial charge in [0, 0.05) is 49.6 Å². The molecule has 1 saturated carbocycles. The third-order valence-electron chi connectivity index (χ3n) is 5.91. The molecule has 1 aromatic heterocycles. The summed E-state index contributed by atoms with van der Waals surface area (Å²) < 4.78 is 30.3. The Bertz CT molecular complexity index is 821. The molecule has 0 bridgehead atoms. The first-order valence-corrected chi connectivity index (χ1v) is 10.1. The smallest absolute Gasteiger partial charge is 0.194 e. The van der Waals surface area contributed by atoms with Gasteiger partial charge in [0.05, 0.1) is 12.4 Å². The zero-order chi connectivity index (χ0) is 19.7. The largest absolute Gasteiger partial charge is 0.353 e. The minimum absolute atomic E-state index is 0. The van der Waals surface area contributed by atoms with Crippen molar-refractivity contribution in [3.63, 3.8) is 0 Å².